The first-order chi connectivity index (χ1) is 26.3. The highest BCUT2D eigenvalue weighted by molar-refractivity contribution is 7.53. The van der Waals surface area contributed by atoms with E-state index in [4.69, 9.17) is 9.05 Å². The zero-order valence-corrected chi connectivity index (χ0v) is 38.3. The summed E-state index contributed by atoms with van der Waals surface area (Å²) in [5.41, 5.74) is 0. The van der Waals surface area contributed by atoms with Crippen molar-refractivity contribution in [1.82, 2.24) is 0 Å². The molecule has 0 aliphatic carbocycles. The van der Waals surface area contributed by atoms with E-state index in [2.05, 4.69) is 13.8 Å². The van der Waals surface area contributed by atoms with Crippen LogP contribution in [0.15, 0.2) is 0 Å². The van der Waals surface area contributed by atoms with Gasteiger partial charge in [-0.3, -0.25) is 9.13 Å². The fourth-order valence-corrected chi connectivity index (χ4v) is 9.86. The third-order valence-electron chi connectivity index (χ3n) is 11.2. The van der Waals surface area contributed by atoms with Crippen molar-refractivity contribution >= 4 is 15.2 Å². The van der Waals surface area contributed by atoms with E-state index in [0.717, 1.165) is 77.0 Å². The van der Waals surface area contributed by atoms with Crippen molar-refractivity contribution in [2.45, 2.75) is 271 Å². The van der Waals surface area contributed by atoms with Crippen molar-refractivity contribution in [3.63, 3.8) is 0 Å². The molecule has 0 heterocycles. The third-order valence-corrected chi connectivity index (χ3v) is 14.1. The standard InChI is InChI=1S/C46H96O6P2/c1-3-5-7-9-11-13-15-17-19-21-23-25-27-31-35-39-43-51-53(47,48)45-41-37-33-29-30-34-38-42-46-54(49,50)52-44-40-36-32-28-26-24-22-20-18-16-14-12-10-8-6-4-2/h3-46H2,1-2H3,(H,47,48)(H,49,50). The normalized spacial score (nSPS) is 14.1. The molecular weight excluding hydrogens is 710 g/mol. The van der Waals surface area contributed by atoms with Crippen LogP contribution in [0.3, 0.4) is 0 Å². The number of hydrogen-bond donors (Lipinski definition) is 2. The van der Waals surface area contributed by atoms with Gasteiger partial charge in [0.05, 0.1) is 13.2 Å². The van der Waals surface area contributed by atoms with Crippen LogP contribution in [0.4, 0.5) is 0 Å². The third kappa shape index (κ3) is 45.0. The molecule has 0 aliphatic heterocycles. The quantitative estimate of drug-likeness (QED) is 0.0470. The second-order valence-corrected chi connectivity index (χ2v) is 20.8. The first kappa shape index (κ1) is 54.3. The Hall–Kier alpha value is 0.300. The maximum absolute atomic E-state index is 12.4. The molecule has 0 spiro atoms. The smallest absolute Gasteiger partial charge is 0.324 e. The summed E-state index contributed by atoms with van der Waals surface area (Å²) in [6, 6.07) is 0. The van der Waals surface area contributed by atoms with Crippen molar-refractivity contribution < 1.29 is 28.0 Å². The van der Waals surface area contributed by atoms with Gasteiger partial charge in [-0.2, -0.15) is 0 Å². The Morgan fingerprint density at radius 3 is 0.648 bits per heavy atom. The van der Waals surface area contributed by atoms with E-state index in [1.165, 1.54) is 180 Å². The van der Waals surface area contributed by atoms with Gasteiger partial charge >= 0.3 is 15.2 Å². The molecular formula is C46H96O6P2. The van der Waals surface area contributed by atoms with Crippen LogP contribution in [0.25, 0.3) is 0 Å². The van der Waals surface area contributed by atoms with Crippen molar-refractivity contribution in [1.29, 1.82) is 0 Å². The molecule has 0 aromatic carbocycles. The summed E-state index contributed by atoms with van der Waals surface area (Å²) in [6.45, 7) is 5.36. The van der Waals surface area contributed by atoms with E-state index in [-0.39, 0.29) is 12.3 Å². The Balaban J connectivity index is 3.41. The molecule has 2 unspecified atom stereocenters. The molecule has 0 fully saturated rings. The first-order valence-electron chi connectivity index (χ1n) is 24.3. The molecule has 54 heavy (non-hydrogen) atoms. The zero-order chi connectivity index (χ0) is 39.5. The second kappa shape index (κ2) is 42.9. The molecule has 0 saturated carbocycles. The fraction of sp³-hybridized carbons (Fsp3) is 1.00. The molecule has 0 aliphatic rings. The van der Waals surface area contributed by atoms with E-state index in [9.17, 15) is 18.9 Å². The van der Waals surface area contributed by atoms with Crippen LogP contribution < -0.4 is 0 Å². The van der Waals surface area contributed by atoms with Crippen molar-refractivity contribution in [2.24, 2.45) is 0 Å². The molecule has 326 valence electrons. The van der Waals surface area contributed by atoms with Crippen molar-refractivity contribution in [3.8, 4) is 0 Å². The molecule has 8 heteroatoms. The Labute approximate surface area is 338 Å². The second-order valence-electron chi connectivity index (χ2n) is 16.8. The summed E-state index contributed by atoms with van der Waals surface area (Å²) in [7, 11) is -6.92. The van der Waals surface area contributed by atoms with Gasteiger partial charge in [0.1, 0.15) is 0 Å². The Morgan fingerprint density at radius 1 is 0.278 bits per heavy atom. The van der Waals surface area contributed by atoms with Crippen molar-refractivity contribution in [3.05, 3.63) is 0 Å². The summed E-state index contributed by atoms with van der Waals surface area (Å²) >= 11 is 0. The monoisotopic (exact) mass is 807 g/mol. The molecule has 0 radical (unpaired) electrons. The highest BCUT2D eigenvalue weighted by atomic mass is 31.2. The van der Waals surface area contributed by atoms with E-state index in [1.54, 1.807) is 0 Å². The largest absolute Gasteiger partial charge is 0.328 e. The lowest BCUT2D eigenvalue weighted by atomic mass is 10.0. The summed E-state index contributed by atoms with van der Waals surface area (Å²) in [6.07, 6.45) is 50.4. The minimum atomic E-state index is -3.46. The molecule has 2 N–H and O–H groups in total. The van der Waals surface area contributed by atoms with Gasteiger partial charge in [0.15, 0.2) is 0 Å². The summed E-state index contributed by atoms with van der Waals surface area (Å²) in [4.78, 5) is 20.3. The predicted octanol–water partition coefficient (Wildman–Crippen LogP) is 17.0. The molecule has 2 atom stereocenters. The zero-order valence-electron chi connectivity index (χ0n) is 36.5. The summed E-state index contributed by atoms with van der Waals surface area (Å²) in [5.74, 6) is 0. The summed E-state index contributed by atoms with van der Waals surface area (Å²) in [5, 5.41) is 0. The van der Waals surface area contributed by atoms with Gasteiger partial charge in [-0.25, -0.2) is 0 Å². The Bertz CT molecular complexity index is 759. The molecule has 0 bridgehead atoms. The lowest BCUT2D eigenvalue weighted by molar-refractivity contribution is 0.250. The highest BCUT2D eigenvalue weighted by Gasteiger charge is 2.19. The van der Waals surface area contributed by atoms with Crippen LogP contribution in [0.2, 0.25) is 0 Å². The van der Waals surface area contributed by atoms with Gasteiger partial charge in [-0.1, -0.05) is 245 Å². The van der Waals surface area contributed by atoms with E-state index in [0.29, 0.717) is 13.2 Å². The topological polar surface area (TPSA) is 93.1 Å². The minimum absolute atomic E-state index is 0.261. The molecule has 0 aromatic heterocycles. The summed E-state index contributed by atoms with van der Waals surface area (Å²) < 4.78 is 35.5. The van der Waals surface area contributed by atoms with Gasteiger partial charge in [-0.05, 0) is 25.7 Å². The lowest BCUT2D eigenvalue weighted by Gasteiger charge is -2.12. The van der Waals surface area contributed by atoms with E-state index in [1.807, 2.05) is 0 Å². The van der Waals surface area contributed by atoms with E-state index >= 15 is 0 Å². The Kier molecular flexibility index (Phi) is 43.1. The molecule has 0 saturated heterocycles. The van der Waals surface area contributed by atoms with Gasteiger partial charge in [0.2, 0.25) is 0 Å². The van der Waals surface area contributed by atoms with Crippen LogP contribution in [-0.4, -0.2) is 35.3 Å². The molecule has 6 nitrogen and oxygen atoms in total. The Morgan fingerprint density at radius 2 is 0.444 bits per heavy atom. The predicted molar refractivity (Wildman–Crippen MR) is 237 cm³/mol. The van der Waals surface area contributed by atoms with Gasteiger partial charge in [0, 0.05) is 12.3 Å². The van der Waals surface area contributed by atoms with Crippen LogP contribution in [0, 0.1) is 0 Å². The average molecular weight is 807 g/mol. The van der Waals surface area contributed by atoms with Gasteiger partial charge in [-0.15, -0.1) is 0 Å². The highest BCUT2D eigenvalue weighted by Crippen LogP contribution is 2.44. The lowest BCUT2D eigenvalue weighted by Crippen LogP contribution is -1.98. The molecule has 0 rings (SSSR count). The first-order valence-corrected chi connectivity index (χ1v) is 27.8. The maximum atomic E-state index is 12.4. The van der Waals surface area contributed by atoms with Crippen LogP contribution in [0.1, 0.15) is 271 Å². The van der Waals surface area contributed by atoms with Gasteiger partial charge < -0.3 is 18.8 Å². The van der Waals surface area contributed by atoms with Crippen LogP contribution in [-0.2, 0) is 18.2 Å². The number of hydrogen-bond acceptors (Lipinski definition) is 4. The van der Waals surface area contributed by atoms with E-state index < -0.39 is 15.2 Å². The SMILES string of the molecule is CCCCCCCCCCCCCCCCCCOP(=O)(O)CCCCCCCCCCP(=O)(O)OCCCCCCCCCCCCCCCCCC. The fourth-order valence-electron chi connectivity index (χ4n) is 7.53. The minimum Gasteiger partial charge on any atom is -0.324 e. The van der Waals surface area contributed by atoms with Gasteiger partial charge in [0.25, 0.3) is 0 Å². The van der Waals surface area contributed by atoms with Crippen molar-refractivity contribution in [2.75, 3.05) is 25.5 Å². The molecule has 0 aromatic rings. The number of unbranched alkanes of at least 4 members (excludes halogenated alkanes) is 37. The number of rotatable bonds is 47. The maximum Gasteiger partial charge on any atom is 0.328 e. The van der Waals surface area contributed by atoms with Crippen LogP contribution in [0.5, 0.6) is 0 Å². The average Bonchev–Trinajstić information content (AvgIpc) is 3.14. The molecule has 0 amide bonds. The van der Waals surface area contributed by atoms with Crippen LogP contribution >= 0.6 is 15.2 Å².